The molecule has 0 spiro atoms. The van der Waals surface area contributed by atoms with Gasteiger partial charge in [0.25, 0.3) is 0 Å². The third-order valence-electron chi connectivity index (χ3n) is 3.24. The Labute approximate surface area is 122 Å². The van der Waals surface area contributed by atoms with E-state index in [0.29, 0.717) is 18.5 Å². The standard InChI is InChI=1S/C16H17F3N2/c1-2-15(16-4-3-12(17)10-21-16)20-6-5-11-7-13(18)9-14(19)8-11/h3-4,7-10,15,20H,2,5-6H2,1H3. The average molecular weight is 294 g/mol. The van der Waals surface area contributed by atoms with Crippen molar-refractivity contribution in [1.82, 2.24) is 10.3 Å². The van der Waals surface area contributed by atoms with Crippen LogP contribution in [-0.4, -0.2) is 11.5 Å². The van der Waals surface area contributed by atoms with Crippen LogP contribution < -0.4 is 5.32 Å². The first-order valence-corrected chi connectivity index (χ1v) is 6.88. The van der Waals surface area contributed by atoms with Gasteiger partial charge in [0.05, 0.1) is 11.9 Å². The first-order chi connectivity index (χ1) is 10.1. The summed E-state index contributed by atoms with van der Waals surface area (Å²) in [5.41, 5.74) is 1.35. The van der Waals surface area contributed by atoms with Crippen molar-refractivity contribution in [1.29, 1.82) is 0 Å². The highest BCUT2D eigenvalue weighted by Crippen LogP contribution is 2.14. The molecule has 21 heavy (non-hydrogen) atoms. The number of nitrogens with one attached hydrogen (secondary N) is 1. The number of rotatable bonds is 6. The zero-order chi connectivity index (χ0) is 15.2. The molecule has 1 unspecified atom stereocenters. The molecule has 2 nitrogen and oxygen atoms in total. The van der Waals surface area contributed by atoms with Crippen LogP contribution in [0.2, 0.25) is 0 Å². The third kappa shape index (κ3) is 4.56. The van der Waals surface area contributed by atoms with E-state index in [1.54, 1.807) is 6.07 Å². The second-order valence-corrected chi connectivity index (χ2v) is 4.84. The zero-order valence-electron chi connectivity index (χ0n) is 11.7. The third-order valence-corrected chi connectivity index (χ3v) is 3.24. The van der Waals surface area contributed by atoms with Crippen LogP contribution in [0.5, 0.6) is 0 Å². The lowest BCUT2D eigenvalue weighted by molar-refractivity contribution is 0.506. The van der Waals surface area contributed by atoms with Gasteiger partial charge in [0.15, 0.2) is 0 Å². The van der Waals surface area contributed by atoms with Gasteiger partial charge >= 0.3 is 0 Å². The quantitative estimate of drug-likeness (QED) is 0.877. The highest BCUT2D eigenvalue weighted by molar-refractivity contribution is 5.18. The molecule has 0 fully saturated rings. The second kappa shape index (κ2) is 7.22. The summed E-state index contributed by atoms with van der Waals surface area (Å²) in [6.07, 6.45) is 2.48. The molecule has 0 aliphatic heterocycles. The van der Waals surface area contributed by atoms with Crippen LogP contribution in [0.15, 0.2) is 36.5 Å². The molecule has 0 bridgehead atoms. The molecule has 1 aromatic heterocycles. The van der Waals surface area contributed by atoms with Gasteiger partial charge in [-0.05, 0) is 49.2 Å². The number of hydrogen-bond donors (Lipinski definition) is 1. The Hall–Kier alpha value is -1.88. The fourth-order valence-electron chi connectivity index (χ4n) is 2.20. The van der Waals surface area contributed by atoms with Crippen LogP contribution in [0.1, 0.15) is 30.6 Å². The summed E-state index contributed by atoms with van der Waals surface area (Å²) in [4.78, 5) is 4.05. The molecule has 0 saturated heterocycles. The molecule has 0 radical (unpaired) electrons. The maximum absolute atomic E-state index is 13.1. The van der Waals surface area contributed by atoms with Crippen molar-refractivity contribution in [2.24, 2.45) is 0 Å². The molecule has 1 N–H and O–H groups in total. The molecule has 2 rings (SSSR count). The smallest absolute Gasteiger partial charge is 0.141 e. The number of aromatic nitrogens is 1. The molecule has 1 aromatic carbocycles. The van der Waals surface area contributed by atoms with Gasteiger partial charge in [-0.2, -0.15) is 0 Å². The highest BCUT2D eigenvalue weighted by atomic mass is 19.1. The first-order valence-electron chi connectivity index (χ1n) is 6.88. The van der Waals surface area contributed by atoms with Gasteiger partial charge in [-0.15, -0.1) is 0 Å². The fraction of sp³-hybridized carbons (Fsp3) is 0.312. The van der Waals surface area contributed by atoms with E-state index in [1.807, 2.05) is 6.92 Å². The van der Waals surface area contributed by atoms with Gasteiger partial charge in [0.1, 0.15) is 17.5 Å². The second-order valence-electron chi connectivity index (χ2n) is 4.84. The lowest BCUT2D eigenvalue weighted by Crippen LogP contribution is -2.24. The molecule has 2 aromatic rings. The molecule has 112 valence electrons. The van der Waals surface area contributed by atoms with Crippen molar-refractivity contribution in [3.63, 3.8) is 0 Å². The Bertz CT molecular complexity index is 564. The van der Waals surface area contributed by atoms with E-state index < -0.39 is 11.6 Å². The van der Waals surface area contributed by atoms with E-state index in [4.69, 9.17) is 0 Å². The van der Waals surface area contributed by atoms with Gasteiger partial charge in [-0.25, -0.2) is 13.2 Å². The molecular weight excluding hydrogens is 277 g/mol. The van der Waals surface area contributed by atoms with Crippen LogP contribution in [0.4, 0.5) is 13.2 Å². The predicted molar refractivity (Wildman–Crippen MR) is 75.3 cm³/mol. The molecule has 0 aliphatic rings. The van der Waals surface area contributed by atoms with Gasteiger partial charge in [-0.1, -0.05) is 6.92 Å². The first kappa shape index (κ1) is 15.5. The van der Waals surface area contributed by atoms with Crippen LogP contribution in [0.3, 0.4) is 0 Å². The summed E-state index contributed by atoms with van der Waals surface area (Å²) >= 11 is 0. The van der Waals surface area contributed by atoms with Crippen LogP contribution in [-0.2, 0) is 6.42 Å². The van der Waals surface area contributed by atoms with Crippen molar-refractivity contribution in [2.45, 2.75) is 25.8 Å². The van der Waals surface area contributed by atoms with Crippen molar-refractivity contribution in [3.8, 4) is 0 Å². The Morgan fingerprint density at radius 3 is 2.33 bits per heavy atom. The Kier molecular flexibility index (Phi) is 5.33. The molecule has 1 atom stereocenters. The largest absolute Gasteiger partial charge is 0.308 e. The highest BCUT2D eigenvalue weighted by Gasteiger charge is 2.10. The van der Waals surface area contributed by atoms with E-state index in [-0.39, 0.29) is 11.9 Å². The van der Waals surface area contributed by atoms with Crippen LogP contribution in [0, 0.1) is 17.5 Å². The van der Waals surface area contributed by atoms with Crippen LogP contribution in [0.25, 0.3) is 0 Å². The molecule has 0 aliphatic carbocycles. The predicted octanol–water partition coefficient (Wildman–Crippen LogP) is 3.78. The van der Waals surface area contributed by atoms with Crippen LogP contribution >= 0.6 is 0 Å². The number of hydrogen-bond acceptors (Lipinski definition) is 2. The van der Waals surface area contributed by atoms with Crippen molar-refractivity contribution >= 4 is 0 Å². The lowest BCUT2D eigenvalue weighted by atomic mass is 10.1. The minimum atomic E-state index is -0.572. The van der Waals surface area contributed by atoms with Crippen molar-refractivity contribution in [2.75, 3.05) is 6.54 Å². The molecule has 5 heteroatoms. The number of pyridine rings is 1. The van der Waals surface area contributed by atoms with E-state index in [0.717, 1.165) is 18.2 Å². The topological polar surface area (TPSA) is 24.9 Å². The van der Waals surface area contributed by atoms with E-state index in [1.165, 1.54) is 24.4 Å². The van der Waals surface area contributed by atoms with Gasteiger partial charge < -0.3 is 5.32 Å². The summed E-state index contributed by atoms with van der Waals surface area (Å²) in [5, 5.41) is 3.26. The summed E-state index contributed by atoms with van der Waals surface area (Å²) in [7, 11) is 0. The minimum absolute atomic E-state index is 0.0102. The summed E-state index contributed by atoms with van der Waals surface area (Å²) in [6, 6.07) is 6.49. The maximum atomic E-state index is 13.1. The molecule has 0 saturated carbocycles. The van der Waals surface area contributed by atoms with Gasteiger partial charge in [-0.3, -0.25) is 4.98 Å². The normalized spacial score (nSPS) is 12.4. The Morgan fingerprint density at radius 2 is 1.76 bits per heavy atom. The van der Waals surface area contributed by atoms with Crippen molar-refractivity contribution in [3.05, 3.63) is 65.2 Å². The maximum Gasteiger partial charge on any atom is 0.141 e. The monoisotopic (exact) mass is 294 g/mol. The van der Waals surface area contributed by atoms with E-state index in [9.17, 15) is 13.2 Å². The van der Waals surface area contributed by atoms with Gasteiger partial charge in [0, 0.05) is 12.1 Å². The minimum Gasteiger partial charge on any atom is -0.308 e. The zero-order valence-corrected chi connectivity index (χ0v) is 11.7. The Balaban J connectivity index is 1.92. The lowest BCUT2D eigenvalue weighted by Gasteiger charge is -2.16. The molecule has 1 heterocycles. The SMILES string of the molecule is CCC(NCCc1cc(F)cc(F)c1)c1ccc(F)cn1. The fourth-order valence-corrected chi connectivity index (χ4v) is 2.20. The van der Waals surface area contributed by atoms with E-state index >= 15 is 0 Å². The van der Waals surface area contributed by atoms with E-state index in [2.05, 4.69) is 10.3 Å². The summed E-state index contributed by atoms with van der Waals surface area (Å²) < 4.78 is 39.0. The van der Waals surface area contributed by atoms with Gasteiger partial charge in [0.2, 0.25) is 0 Å². The number of halogens is 3. The van der Waals surface area contributed by atoms with Crippen molar-refractivity contribution < 1.29 is 13.2 Å². The summed E-state index contributed by atoms with van der Waals surface area (Å²) in [6.45, 7) is 2.55. The number of benzene rings is 1. The summed E-state index contributed by atoms with van der Waals surface area (Å²) in [5.74, 6) is -1.52. The Morgan fingerprint density at radius 1 is 1.05 bits per heavy atom. The average Bonchev–Trinajstić information content (AvgIpc) is 2.44. The molecule has 0 amide bonds. The molecular formula is C16H17F3N2. The number of nitrogens with zero attached hydrogens (tertiary/aromatic N) is 1.